The number of aryl methyl sites for hydroxylation is 1. The molecular formula is C16H26N2. The van der Waals surface area contributed by atoms with Gasteiger partial charge in [0.15, 0.2) is 0 Å². The third-order valence-electron chi connectivity index (χ3n) is 4.11. The highest BCUT2D eigenvalue weighted by Gasteiger charge is 2.15. The van der Waals surface area contributed by atoms with Crippen LogP contribution in [-0.2, 0) is 6.42 Å². The lowest BCUT2D eigenvalue weighted by atomic mass is 9.85. The van der Waals surface area contributed by atoms with Crippen LogP contribution >= 0.6 is 0 Å². The van der Waals surface area contributed by atoms with Gasteiger partial charge in [0.05, 0.1) is 0 Å². The topological polar surface area (TPSA) is 38.9 Å². The Morgan fingerprint density at radius 3 is 2.72 bits per heavy atom. The Labute approximate surface area is 111 Å². The van der Waals surface area contributed by atoms with Crippen LogP contribution in [0.2, 0.25) is 0 Å². The molecule has 18 heavy (non-hydrogen) atoms. The largest absolute Gasteiger partial charge is 0.327 e. The maximum atomic E-state index is 6.22. The van der Waals surface area contributed by atoms with Gasteiger partial charge in [-0.05, 0) is 37.3 Å². The lowest BCUT2D eigenvalue weighted by molar-refractivity contribution is 0.322. The molecule has 0 spiro atoms. The third-order valence-corrected chi connectivity index (χ3v) is 4.11. The van der Waals surface area contributed by atoms with Gasteiger partial charge in [-0.15, -0.1) is 0 Å². The second kappa shape index (κ2) is 6.89. The Kier molecular flexibility index (Phi) is 5.18. The van der Waals surface area contributed by atoms with Crippen LogP contribution in [0, 0.1) is 12.8 Å². The second-order valence-corrected chi connectivity index (χ2v) is 5.87. The van der Waals surface area contributed by atoms with Crippen LogP contribution in [-0.4, -0.2) is 11.0 Å². The molecule has 1 fully saturated rings. The maximum Gasteiger partial charge on any atom is 0.0419 e. The zero-order chi connectivity index (χ0) is 12.8. The minimum absolute atomic E-state index is 0.280. The Morgan fingerprint density at radius 2 is 2.06 bits per heavy atom. The molecule has 0 bridgehead atoms. The summed E-state index contributed by atoms with van der Waals surface area (Å²) in [4.78, 5) is 4.43. The normalized spacial score (nSPS) is 18.8. The zero-order valence-electron chi connectivity index (χ0n) is 11.6. The first kappa shape index (κ1) is 13.5. The van der Waals surface area contributed by atoms with Crippen LogP contribution in [0.4, 0.5) is 0 Å². The number of rotatable bonds is 5. The van der Waals surface area contributed by atoms with E-state index in [1.54, 1.807) is 0 Å². The predicted molar refractivity (Wildman–Crippen MR) is 76.5 cm³/mol. The fourth-order valence-corrected chi connectivity index (χ4v) is 2.92. The van der Waals surface area contributed by atoms with E-state index in [1.807, 2.05) is 6.20 Å². The van der Waals surface area contributed by atoms with E-state index in [0.29, 0.717) is 0 Å². The van der Waals surface area contributed by atoms with Crippen molar-refractivity contribution in [3.05, 3.63) is 29.6 Å². The van der Waals surface area contributed by atoms with Crippen molar-refractivity contribution in [3.63, 3.8) is 0 Å². The molecule has 2 N–H and O–H groups in total. The highest BCUT2D eigenvalue weighted by molar-refractivity contribution is 5.12. The van der Waals surface area contributed by atoms with Gasteiger partial charge in [-0.3, -0.25) is 4.98 Å². The summed E-state index contributed by atoms with van der Waals surface area (Å²) < 4.78 is 0. The van der Waals surface area contributed by atoms with Gasteiger partial charge in [0.2, 0.25) is 0 Å². The van der Waals surface area contributed by atoms with Crippen molar-refractivity contribution in [1.29, 1.82) is 0 Å². The van der Waals surface area contributed by atoms with E-state index >= 15 is 0 Å². The Morgan fingerprint density at radius 1 is 1.28 bits per heavy atom. The van der Waals surface area contributed by atoms with Gasteiger partial charge in [-0.2, -0.15) is 0 Å². The lowest BCUT2D eigenvalue weighted by Gasteiger charge is -2.22. The molecule has 0 saturated heterocycles. The molecule has 1 unspecified atom stereocenters. The fourth-order valence-electron chi connectivity index (χ4n) is 2.92. The monoisotopic (exact) mass is 246 g/mol. The molecule has 2 nitrogen and oxygen atoms in total. The average Bonchev–Trinajstić information content (AvgIpc) is 2.40. The molecule has 1 atom stereocenters. The molecule has 0 aromatic carbocycles. The van der Waals surface area contributed by atoms with Crippen molar-refractivity contribution in [2.45, 2.75) is 64.3 Å². The summed E-state index contributed by atoms with van der Waals surface area (Å²) in [6.07, 6.45) is 12.5. The fraction of sp³-hybridized carbons (Fsp3) is 0.688. The molecule has 1 aromatic heterocycles. The second-order valence-electron chi connectivity index (χ2n) is 5.87. The first-order chi connectivity index (χ1) is 8.74. The summed E-state index contributed by atoms with van der Waals surface area (Å²) in [5, 5.41) is 0. The van der Waals surface area contributed by atoms with Crippen molar-refractivity contribution in [2.75, 3.05) is 0 Å². The quantitative estimate of drug-likeness (QED) is 0.861. The van der Waals surface area contributed by atoms with Crippen LogP contribution in [0.3, 0.4) is 0 Å². The van der Waals surface area contributed by atoms with Gasteiger partial charge >= 0.3 is 0 Å². The summed E-state index contributed by atoms with van der Waals surface area (Å²) in [5.74, 6) is 0.941. The number of hydrogen-bond acceptors (Lipinski definition) is 2. The molecule has 0 amide bonds. The van der Waals surface area contributed by atoms with Gasteiger partial charge in [-0.25, -0.2) is 0 Å². The summed E-state index contributed by atoms with van der Waals surface area (Å²) in [6, 6.07) is 4.51. The molecule has 1 heterocycles. The van der Waals surface area contributed by atoms with Crippen molar-refractivity contribution in [3.8, 4) is 0 Å². The molecule has 0 aliphatic heterocycles. The summed E-state index contributed by atoms with van der Waals surface area (Å²) in [5.41, 5.74) is 8.57. The zero-order valence-corrected chi connectivity index (χ0v) is 11.6. The van der Waals surface area contributed by atoms with Crippen LogP contribution < -0.4 is 5.73 Å². The van der Waals surface area contributed by atoms with Crippen molar-refractivity contribution in [2.24, 2.45) is 11.7 Å². The van der Waals surface area contributed by atoms with Crippen molar-refractivity contribution in [1.82, 2.24) is 4.98 Å². The smallest absolute Gasteiger partial charge is 0.0419 e. The van der Waals surface area contributed by atoms with E-state index < -0.39 is 0 Å². The molecule has 1 aliphatic rings. The van der Waals surface area contributed by atoms with E-state index in [2.05, 4.69) is 24.0 Å². The van der Waals surface area contributed by atoms with Crippen LogP contribution in [0.5, 0.6) is 0 Å². The average molecular weight is 246 g/mol. The molecule has 100 valence electrons. The molecule has 0 radical (unpaired) electrons. The minimum Gasteiger partial charge on any atom is -0.327 e. The maximum absolute atomic E-state index is 6.22. The van der Waals surface area contributed by atoms with Gasteiger partial charge in [-0.1, -0.05) is 38.2 Å². The van der Waals surface area contributed by atoms with E-state index in [0.717, 1.165) is 24.5 Å². The first-order valence-corrected chi connectivity index (χ1v) is 7.41. The molecule has 2 rings (SSSR count). The summed E-state index contributed by atoms with van der Waals surface area (Å²) in [7, 11) is 0. The SMILES string of the molecule is Cc1ccc(CC(N)CCC2CCCCC2)nc1. The first-order valence-electron chi connectivity index (χ1n) is 7.41. The van der Waals surface area contributed by atoms with Gasteiger partial charge in [0, 0.05) is 24.4 Å². The van der Waals surface area contributed by atoms with Crippen LogP contribution in [0.25, 0.3) is 0 Å². The van der Waals surface area contributed by atoms with Gasteiger partial charge in [0.1, 0.15) is 0 Å². The molecular weight excluding hydrogens is 220 g/mol. The Hall–Kier alpha value is -0.890. The Bertz CT molecular complexity index is 339. The number of aromatic nitrogens is 1. The number of nitrogens with two attached hydrogens (primary N) is 1. The van der Waals surface area contributed by atoms with Gasteiger partial charge < -0.3 is 5.73 Å². The number of pyridine rings is 1. The standard InChI is InChI=1S/C16H26N2/c1-13-7-10-16(18-12-13)11-15(17)9-8-14-5-3-2-4-6-14/h7,10,12,14-15H,2-6,8-9,11,17H2,1H3. The highest BCUT2D eigenvalue weighted by Crippen LogP contribution is 2.27. The van der Waals surface area contributed by atoms with E-state index in [1.165, 1.54) is 44.1 Å². The predicted octanol–water partition coefficient (Wildman–Crippen LogP) is 3.62. The van der Waals surface area contributed by atoms with E-state index in [-0.39, 0.29) is 6.04 Å². The summed E-state index contributed by atoms with van der Waals surface area (Å²) in [6.45, 7) is 2.07. The van der Waals surface area contributed by atoms with Crippen molar-refractivity contribution < 1.29 is 0 Å². The Balaban J connectivity index is 1.71. The molecule has 1 aliphatic carbocycles. The van der Waals surface area contributed by atoms with Gasteiger partial charge in [0.25, 0.3) is 0 Å². The third kappa shape index (κ3) is 4.41. The summed E-state index contributed by atoms with van der Waals surface area (Å²) >= 11 is 0. The van der Waals surface area contributed by atoms with E-state index in [9.17, 15) is 0 Å². The minimum atomic E-state index is 0.280. The van der Waals surface area contributed by atoms with E-state index in [4.69, 9.17) is 5.73 Å². The molecule has 2 heteroatoms. The highest BCUT2D eigenvalue weighted by atomic mass is 14.7. The molecule has 1 aromatic rings. The lowest BCUT2D eigenvalue weighted by Crippen LogP contribution is -2.24. The van der Waals surface area contributed by atoms with Crippen LogP contribution in [0.15, 0.2) is 18.3 Å². The van der Waals surface area contributed by atoms with Crippen LogP contribution in [0.1, 0.15) is 56.2 Å². The number of hydrogen-bond donors (Lipinski definition) is 1. The van der Waals surface area contributed by atoms with Crippen molar-refractivity contribution >= 4 is 0 Å². The molecule has 1 saturated carbocycles. The number of nitrogens with zero attached hydrogens (tertiary/aromatic N) is 1.